The van der Waals surface area contributed by atoms with Gasteiger partial charge in [0.05, 0.1) is 24.1 Å². The summed E-state index contributed by atoms with van der Waals surface area (Å²) in [5.74, 6) is 0. The smallest absolute Gasteiger partial charge is 0.367 e. The van der Waals surface area contributed by atoms with Crippen LogP contribution in [0.5, 0.6) is 0 Å². The normalized spacial score (nSPS) is 25.9. The van der Waals surface area contributed by atoms with E-state index >= 15 is 0 Å². The van der Waals surface area contributed by atoms with Gasteiger partial charge in [0.15, 0.2) is 0 Å². The van der Waals surface area contributed by atoms with Crippen LogP contribution < -0.4 is 10.6 Å². The Balaban J connectivity index is 1.44. The standard InChI is InChI=1S/C17H16F3N3O/c18-17(19,20)15-6-5-12(8-22-15)23-11-3-1-10(2-4-11)16-14-7-13(24-16)9-21-14/h1-6,8,13-14,16,21,23H,7,9H2/t13-,14-,16+/m0/s1. The van der Waals surface area contributed by atoms with E-state index in [1.807, 2.05) is 24.3 Å². The summed E-state index contributed by atoms with van der Waals surface area (Å²) in [4.78, 5) is 3.44. The third kappa shape index (κ3) is 2.97. The number of fused-ring (bicyclic) bond motifs is 2. The van der Waals surface area contributed by atoms with Crippen LogP contribution in [-0.2, 0) is 10.9 Å². The molecule has 2 saturated heterocycles. The second kappa shape index (κ2) is 5.75. The number of benzene rings is 1. The molecule has 0 spiro atoms. The largest absolute Gasteiger partial charge is 0.433 e. The highest BCUT2D eigenvalue weighted by Gasteiger charge is 2.41. The maximum absolute atomic E-state index is 12.5. The molecule has 0 unspecified atom stereocenters. The van der Waals surface area contributed by atoms with Gasteiger partial charge in [0.25, 0.3) is 0 Å². The first-order valence-corrected chi connectivity index (χ1v) is 7.78. The molecule has 2 aromatic rings. The number of nitrogens with one attached hydrogen (secondary N) is 2. The lowest BCUT2D eigenvalue weighted by Crippen LogP contribution is -2.33. The van der Waals surface area contributed by atoms with Crippen LogP contribution in [0.4, 0.5) is 24.5 Å². The van der Waals surface area contributed by atoms with Crippen LogP contribution in [0.3, 0.4) is 0 Å². The Hall–Kier alpha value is -2.12. The lowest BCUT2D eigenvalue weighted by atomic mass is 10.0. The zero-order chi connectivity index (χ0) is 16.7. The van der Waals surface area contributed by atoms with Crippen molar-refractivity contribution in [2.75, 3.05) is 11.9 Å². The second-order valence-electron chi connectivity index (χ2n) is 6.11. The van der Waals surface area contributed by atoms with Crippen molar-refractivity contribution in [3.8, 4) is 0 Å². The molecule has 4 rings (SSSR count). The zero-order valence-corrected chi connectivity index (χ0v) is 12.7. The van der Waals surface area contributed by atoms with Crippen molar-refractivity contribution in [3.05, 3.63) is 53.9 Å². The summed E-state index contributed by atoms with van der Waals surface area (Å²) in [6.07, 6.45) is -1.82. The number of aromatic nitrogens is 1. The molecule has 0 saturated carbocycles. The number of nitrogens with zero attached hydrogens (tertiary/aromatic N) is 1. The molecule has 2 aliphatic heterocycles. The number of hydrogen-bond acceptors (Lipinski definition) is 4. The van der Waals surface area contributed by atoms with Crippen LogP contribution in [0.15, 0.2) is 42.6 Å². The molecule has 2 N–H and O–H groups in total. The minimum Gasteiger partial charge on any atom is -0.367 e. The first-order valence-electron chi connectivity index (χ1n) is 7.78. The summed E-state index contributed by atoms with van der Waals surface area (Å²) in [5.41, 5.74) is 1.50. The quantitative estimate of drug-likeness (QED) is 0.899. The van der Waals surface area contributed by atoms with Crippen LogP contribution >= 0.6 is 0 Å². The minimum atomic E-state index is -4.42. The number of morpholine rings is 1. The number of halogens is 3. The van der Waals surface area contributed by atoms with Gasteiger partial charge in [-0.2, -0.15) is 13.2 Å². The molecule has 7 heteroatoms. The summed E-state index contributed by atoms with van der Waals surface area (Å²) in [6, 6.07) is 10.4. The van der Waals surface area contributed by atoms with Gasteiger partial charge in [-0.1, -0.05) is 12.1 Å². The topological polar surface area (TPSA) is 46.2 Å². The monoisotopic (exact) mass is 335 g/mol. The van der Waals surface area contributed by atoms with Gasteiger partial charge in [-0.25, -0.2) is 4.98 Å². The number of hydrogen-bond donors (Lipinski definition) is 2. The Morgan fingerprint density at radius 2 is 1.83 bits per heavy atom. The molecule has 0 amide bonds. The van der Waals surface area contributed by atoms with Gasteiger partial charge in [-0.3, -0.25) is 0 Å². The number of pyridine rings is 1. The molecule has 1 aromatic carbocycles. The van der Waals surface area contributed by atoms with E-state index in [9.17, 15) is 13.2 Å². The van der Waals surface area contributed by atoms with Crippen molar-refractivity contribution in [2.24, 2.45) is 0 Å². The van der Waals surface area contributed by atoms with Gasteiger partial charge < -0.3 is 15.4 Å². The third-order valence-corrected chi connectivity index (χ3v) is 4.41. The molecule has 3 atom stereocenters. The third-order valence-electron chi connectivity index (χ3n) is 4.41. The summed E-state index contributed by atoms with van der Waals surface area (Å²) < 4.78 is 43.5. The lowest BCUT2D eigenvalue weighted by molar-refractivity contribution is -0.141. The zero-order valence-electron chi connectivity index (χ0n) is 12.7. The van der Waals surface area contributed by atoms with Crippen LogP contribution in [-0.4, -0.2) is 23.7 Å². The predicted molar refractivity (Wildman–Crippen MR) is 83.0 cm³/mol. The molecule has 0 radical (unpaired) electrons. The highest BCUT2D eigenvalue weighted by atomic mass is 19.4. The lowest BCUT2D eigenvalue weighted by Gasteiger charge is -2.23. The van der Waals surface area contributed by atoms with Crippen molar-refractivity contribution >= 4 is 11.4 Å². The van der Waals surface area contributed by atoms with E-state index in [2.05, 4.69) is 15.6 Å². The molecule has 2 fully saturated rings. The molecule has 1 aromatic heterocycles. The van der Waals surface area contributed by atoms with Crippen LogP contribution in [0.1, 0.15) is 23.8 Å². The van der Waals surface area contributed by atoms with Crippen molar-refractivity contribution in [2.45, 2.75) is 30.8 Å². The van der Waals surface area contributed by atoms with Gasteiger partial charge in [0.2, 0.25) is 0 Å². The maximum Gasteiger partial charge on any atom is 0.433 e. The van der Waals surface area contributed by atoms with E-state index in [0.29, 0.717) is 17.8 Å². The minimum absolute atomic E-state index is 0.0746. The predicted octanol–water partition coefficient (Wildman–Crippen LogP) is 3.65. The molecule has 4 nitrogen and oxygen atoms in total. The summed E-state index contributed by atoms with van der Waals surface area (Å²) in [6.45, 7) is 0.918. The first kappa shape index (κ1) is 15.4. The fourth-order valence-corrected chi connectivity index (χ4v) is 3.24. The SMILES string of the molecule is FC(F)(F)c1ccc(Nc2ccc([C@H]3O[C@@H]4CN[C@H]3C4)cc2)cn1. The molecule has 0 aliphatic carbocycles. The Morgan fingerprint density at radius 3 is 2.38 bits per heavy atom. The van der Waals surface area contributed by atoms with Crippen LogP contribution in [0, 0.1) is 0 Å². The Bertz CT molecular complexity index is 715. The Labute approximate surface area is 137 Å². The highest BCUT2D eigenvalue weighted by Crippen LogP contribution is 2.37. The molecular formula is C17H16F3N3O. The summed E-state index contributed by atoms with van der Waals surface area (Å²) in [5, 5.41) is 6.48. The van der Waals surface area contributed by atoms with Gasteiger partial charge in [-0.05, 0) is 36.2 Å². The van der Waals surface area contributed by atoms with E-state index < -0.39 is 11.9 Å². The first-order chi connectivity index (χ1) is 11.5. The van der Waals surface area contributed by atoms with Crippen molar-refractivity contribution < 1.29 is 17.9 Å². The molecule has 3 heterocycles. The van der Waals surface area contributed by atoms with Crippen LogP contribution in [0.25, 0.3) is 0 Å². The van der Waals surface area contributed by atoms with Crippen molar-refractivity contribution in [3.63, 3.8) is 0 Å². The van der Waals surface area contributed by atoms with Crippen molar-refractivity contribution in [1.82, 2.24) is 10.3 Å². The summed E-state index contributed by atoms with van der Waals surface area (Å²) in [7, 11) is 0. The van der Waals surface area contributed by atoms with Gasteiger partial charge in [-0.15, -0.1) is 0 Å². The van der Waals surface area contributed by atoms with Crippen molar-refractivity contribution in [1.29, 1.82) is 0 Å². The van der Waals surface area contributed by atoms with E-state index in [1.54, 1.807) is 0 Å². The molecule has 24 heavy (non-hydrogen) atoms. The molecule has 126 valence electrons. The second-order valence-corrected chi connectivity index (χ2v) is 6.11. The van der Waals surface area contributed by atoms with E-state index in [-0.39, 0.29) is 6.10 Å². The average Bonchev–Trinajstić information content (AvgIpc) is 3.18. The summed E-state index contributed by atoms with van der Waals surface area (Å²) >= 11 is 0. The maximum atomic E-state index is 12.5. The van der Waals surface area contributed by atoms with Gasteiger partial charge in [0.1, 0.15) is 5.69 Å². The average molecular weight is 335 g/mol. The highest BCUT2D eigenvalue weighted by molar-refractivity contribution is 5.59. The fraction of sp³-hybridized carbons (Fsp3) is 0.353. The number of alkyl halides is 3. The van der Waals surface area contributed by atoms with E-state index in [4.69, 9.17) is 4.74 Å². The number of ether oxygens (including phenoxy) is 1. The Morgan fingerprint density at radius 1 is 1.08 bits per heavy atom. The molecular weight excluding hydrogens is 319 g/mol. The van der Waals surface area contributed by atoms with Crippen LogP contribution in [0.2, 0.25) is 0 Å². The van der Waals surface area contributed by atoms with Gasteiger partial charge in [0, 0.05) is 18.3 Å². The van der Waals surface area contributed by atoms with E-state index in [1.165, 1.54) is 12.3 Å². The number of anilines is 2. The van der Waals surface area contributed by atoms with E-state index in [0.717, 1.165) is 30.3 Å². The molecule has 2 bridgehead atoms. The van der Waals surface area contributed by atoms with Gasteiger partial charge >= 0.3 is 6.18 Å². The number of rotatable bonds is 3. The Kier molecular flexibility index (Phi) is 3.69. The fourth-order valence-electron chi connectivity index (χ4n) is 3.24. The molecule has 2 aliphatic rings.